The number of carbonyl (C=O) groups is 2. The molecule has 0 atom stereocenters. The van der Waals surface area contributed by atoms with Crippen LogP contribution in [0.5, 0.6) is 0 Å². The van der Waals surface area contributed by atoms with Crippen LogP contribution >= 0.6 is 0 Å². The summed E-state index contributed by atoms with van der Waals surface area (Å²) in [6.07, 6.45) is 5.72. The fourth-order valence-electron chi connectivity index (χ4n) is 3.10. The van der Waals surface area contributed by atoms with Crippen LogP contribution in [0.3, 0.4) is 0 Å². The van der Waals surface area contributed by atoms with Gasteiger partial charge in [0.2, 0.25) is 0 Å². The highest BCUT2D eigenvalue weighted by Gasteiger charge is 2.19. The molecule has 0 bridgehead atoms. The van der Waals surface area contributed by atoms with Crippen molar-refractivity contribution in [3.05, 3.63) is 47.9 Å². The number of ether oxygens (including phenoxy) is 1. The van der Waals surface area contributed by atoms with Crippen molar-refractivity contribution >= 4 is 23.4 Å². The molecule has 1 amide bonds. The van der Waals surface area contributed by atoms with Gasteiger partial charge in [-0.25, -0.2) is 14.8 Å². The van der Waals surface area contributed by atoms with Crippen LogP contribution in [0, 0.1) is 0 Å². The topological polar surface area (TPSA) is 84.4 Å². The SMILES string of the molecule is CCOC(=O)c1ccccc1Nc1cc(C(=O)N2CCCCCC2)ncn1. The number of hydrogen-bond donors (Lipinski definition) is 1. The Morgan fingerprint density at radius 2 is 1.85 bits per heavy atom. The van der Waals surface area contributed by atoms with Crippen LogP contribution in [0.25, 0.3) is 0 Å². The Bertz CT molecular complexity index is 801. The lowest BCUT2D eigenvalue weighted by molar-refractivity contribution is 0.0527. The minimum absolute atomic E-state index is 0.0824. The number of benzene rings is 1. The van der Waals surface area contributed by atoms with E-state index in [2.05, 4.69) is 15.3 Å². The molecule has 7 heteroatoms. The minimum atomic E-state index is -0.407. The van der Waals surface area contributed by atoms with E-state index >= 15 is 0 Å². The molecule has 27 heavy (non-hydrogen) atoms. The molecule has 1 aromatic carbocycles. The summed E-state index contributed by atoms with van der Waals surface area (Å²) < 4.78 is 5.09. The average Bonchev–Trinajstić information content (AvgIpc) is 2.98. The Balaban J connectivity index is 1.78. The molecular formula is C20H24N4O3. The zero-order chi connectivity index (χ0) is 19.1. The highest BCUT2D eigenvalue weighted by Crippen LogP contribution is 2.21. The van der Waals surface area contributed by atoms with Gasteiger partial charge in [0.25, 0.3) is 5.91 Å². The van der Waals surface area contributed by atoms with Gasteiger partial charge < -0.3 is 15.0 Å². The van der Waals surface area contributed by atoms with Gasteiger partial charge in [0, 0.05) is 19.2 Å². The highest BCUT2D eigenvalue weighted by atomic mass is 16.5. The van der Waals surface area contributed by atoms with Crippen molar-refractivity contribution in [2.75, 3.05) is 25.0 Å². The van der Waals surface area contributed by atoms with Crippen LogP contribution in [0.2, 0.25) is 0 Å². The number of rotatable bonds is 5. The van der Waals surface area contributed by atoms with E-state index in [1.54, 1.807) is 31.2 Å². The van der Waals surface area contributed by atoms with E-state index in [0.29, 0.717) is 29.4 Å². The summed E-state index contributed by atoms with van der Waals surface area (Å²) in [7, 11) is 0. The van der Waals surface area contributed by atoms with Gasteiger partial charge >= 0.3 is 5.97 Å². The van der Waals surface area contributed by atoms with Gasteiger partial charge in [0.1, 0.15) is 17.8 Å². The molecule has 0 unspecified atom stereocenters. The van der Waals surface area contributed by atoms with E-state index in [4.69, 9.17) is 4.74 Å². The van der Waals surface area contributed by atoms with Crippen molar-refractivity contribution in [1.29, 1.82) is 0 Å². The maximum atomic E-state index is 12.8. The second-order valence-corrected chi connectivity index (χ2v) is 6.39. The summed E-state index contributed by atoms with van der Waals surface area (Å²) in [6, 6.07) is 8.66. The van der Waals surface area contributed by atoms with Gasteiger partial charge in [0.05, 0.1) is 17.9 Å². The van der Waals surface area contributed by atoms with Crippen LogP contribution in [0.1, 0.15) is 53.5 Å². The molecule has 1 fully saturated rings. The minimum Gasteiger partial charge on any atom is -0.462 e. The first-order valence-electron chi connectivity index (χ1n) is 9.33. The second kappa shape index (κ2) is 9.12. The second-order valence-electron chi connectivity index (χ2n) is 6.39. The van der Waals surface area contributed by atoms with Crippen molar-refractivity contribution in [1.82, 2.24) is 14.9 Å². The van der Waals surface area contributed by atoms with Gasteiger partial charge in [0.15, 0.2) is 0 Å². The van der Waals surface area contributed by atoms with Gasteiger partial charge in [-0.2, -0.15) is 0 Å². The first-order valence-corrected chi connectivity index (χ1v) is 9.33. The molecule has 0 saturated carbocycles. The lowest BCUT2D eigenvalue weighted by Crippen LogP contribution is -2.32. The van der Waals surface area contributed by atoms with Crippen LogP contribution in [-0.2, 0) is 4.74 Å². The zero-order valence-corrected chi connectivity index (χ0v) is 15.5. The predicted octanol–water partition coefficient (Wildman–Crippen LogP) is 3.41. The lowest BCUT2D eigenvalue weighted by Gasteiger charge is -2.20. The standard InChI is InChI=1S/C20H24N4O3/c1-2-27-20(26)15-9-5-6-10-16(15)23-18-13-17(21-14-22-18)19(25)24-11-7-3-4-8-12-24/h5-6,9-10,13-14H,2-4,7-8,11-12H2,1H3,(H,21,22,23). The highest BCUT2D eigenvalue weighted by molar-refractivity contribution is 5.97. The van der Waals surface area contributed by atoms with Crippen molar-refractivity contribution in [3.8, 4) is 0 Å². The summed E-state index contributed by atoms with van der Waals surface area (Å²) in [6.45, 7) is 3.59. The van der Waals surface area contributed by atoms with Crippen molar-refractivity contribution in [2.24, 2.45) is 0 Å². The first-order chi connectivity index (χ1) is 13.2. The monoisotopic (exact) mass is 368 g/mol. The first kappa shape index (κ1) is 18.8. The Hall–Kier alpha value is -2.96. The predicted molar refractivity (Wildman–Crippen MR) is 102 cm³/mol. The fraction of sp³-hybridized carbons (Fsp3) is 0.400. The average molecular weight is 368 g/mol. The number of likely N-dealkylation sites (tertiary alicyclic amines) is 1. The number of nitrogens with one attached hydrogen (secondary N) is 1. The van der Waals surface area contributed by atoms with Crippen molar-refractivity contribution < 1.29 is 14.3 Å². The largest absolute Gasteiger partial charge is 0.462 e. The van der Waals surface area contributed by atoms with Crippen LogP contribution in [0.4, 0.5) is 11.5 Å². The number of para-hydroxylation sites is 1. The maximum Gasteiger partial charge on any atom is 0.340 e. The van der Waals surface area contributed by atoms with Gasteiger partial charge in [-0.05, 0) is 31.9 Å². The van der Waals surface area contributed by atoms with E-state index < -0.39 is 5.97 Å². The van der Waals surface area contributed by atoms with Crippen LogP contribution in [0.15, 0.2) is 36.7 Å². The van der Waals surface area contributed by atoms with Crippen LogP contribution < -0.4 is 5.32 Å². The third-order valence-corrected chi connectivity index (χ3v) is 4.46. The smallest absolute Gasteiger partial charge is 0.340 e. The van der Waals surface area contributed by atoms with Crippen LogP contribution in [-0.4, -0.2) is 46.4 Å². The summed E-state index contributed by atoms with van der Waals surface area (Å²) in [5, 5.41) is 3.10. The fourth-order valence-corrected chi connectivity index (χ4v) is 3.10. The molecule has 1 aromatic heterocycles. The molecule has 1 saturated heterocycles. The summed E-state index contributed by atoms with van der Waals surface area (Å²) >= 11 is 0. The Morgan fingerprint density at radius 3 is 2.59 bits per heavy atom. The van der Waals surface area contributed by atoms with E-state index in [0.717, 1.165) is 38.8 Å². The number of amides is 1. The van der Waals surface area contributed by atoms with E-state index in [1.165, 1.54) is 6.33 Å². The number of aromatic nitrogens is 2. The quantitative estimate of drug-likeness (QED) is 0.814. The summed E-state index contributed by atoms with van der Waals surface area (Å²) in [5.74, 6) is -0.0310. The number of carbonyl (C=O) groups excluding carboxylic acids is 2. The zero-order valence-electron chi connectivity index (χ0n) is 15.5. The molecule has 3 rings (SSSR count). The molecule has 2 heterocycles. The molecule has 0 spiro atoms. The Kier molecular flexibility index (Phi) is 6.35. The Morgan fingerprint density at radius 1 is 1.11 bits per heavy atom. The van der Waals surface area contributed by atoms with Gasteiger partial charge in [-0.15, -0.1) is 0 Å². The third kappa shape index (κ3) is 4.81. The maximum absolute atomic E-state index is 12.8. The lowest BCUT2D eigenvalue weighted by atomic mass is 10.2. The van der Waals surface area contributed by atoms with Gasteiger partial charge in [-0.3, -0.25) is 4.79 Å². The molecule has 1 aliphatic heterocycles. The summed E-state index contributed by atoms with van der Waals surface area (Å²) in [5.41, 5.74) is 1.34. The number of anilines is 2. The molecular weight excluding hydrogens is 344 g/mol. The van der Waals surface area contributed by atoms with Crippen molar-refractivity contribution in [2.45, 2.75) is 32.6 Å². The number of hydrogen-bond acceptors (Lipinski definition) is 6. The molecule has 1 N–H and O–H groups in total. The molecule has 0 radical (unpaired) electrons. The molecule has 1 aliphatic rings. The molecule has 2 aromatic rings. The molecule has 0 aliphatic carbocycles. The normalized spacial score (nSPS) is 14.3. The summed E-state index contributed by atoms with van der Waals surface area (Å²) in [4.78, 5) is 35.0. The van der Waals surface area contributed by atoms with Gasteiger partial charge in [-0.1, -0.05) is 25.0 Å². The number of nitrogens with zero attached hydrogens (tertiary/aromatic N) is 3. The van der Waals surface area contributed by atoms with Crippen molar-refractivity contribution in [3.63, 3.8) is 0 Å². The van der Waals surface area contributed by atoms with E-state index in [-0.39, 0.29) is 5.91 Å². The van der Waals surface area contributed by atoms with E-state index in [1.807, 2.05) is 11.0 Å². The third-order valence-electron chi connectivity index (χ3n) is 4.46. The van der Waals surface area contributed by atoms with E-state index in [9.17, 15) is 9.59 Å². The number of esters is 1. The molecule has 7 nitrogen and oxygen atoms in total. The Labute approximate surface area is 158 Å². The molecule has 142 valence electrons.